The summed E-state index contributed by atoms with van der Waals surface area (Å²) in [6.07, 6.45) is 4.72. The summed E-state index contributed by atoms with van der Waals surface area (Å²) >= 11 is 0. The van der Waals surface area contributed by atoms with Crippen LogP contribution in [0.2, 0.25) is 0 Å². The van der Waals surface area contributed by atoms with Crippen molar-refractivity contribution in [1.29, 1.82) is 0 Å². The van der Waals surface area contributed by atoms with E-state index in [-0.39, 0.29) is 23.5 Å². The van der Waals surface area contributed by atoms with Gasteiger partial charge >= 0.3 is 5.69 Å². The van der Waals surface area contributed by atoms with Gasteiger partial charge in [-0.2, -0.15) is 4.98 Å². The summed E-state index contributed by atoms with van der Waals surface area (Å²) in [4.78, 5) is 23.1. The molecule has 0 bridgehead atoms. The molecule has 1 saturated heterocycles. The Morgan fingerprint density at radius 1 is 1.44 bits per heavy atom. The lowest BCUT2D eigenvalue weighted by Gasteiger charge is -2.24. The Balaban J connectivity index is 1.85. The maximum absolute atomic E-state index is 11.3. The van der Waals surface area contributed by atoms with Crippen molar-refractivity contribution in [3.8, 4) is 5.88 Å². The predicted octanol–water partition coefficient (Wildman–Crippen LogP) is 1.70. The van der Waals surface area contributed by atoms with E-state index in [9.17, 15) is 10.1 Å². The first-order valence-corrected chi connectivity index (χ1v) is 7.92. The third kappa shape index (κ3) is 4.10. The van der Waals surface area contributed by atoms with Gasteiger partial charge in [0.2, 0.25) is 17.6 Å². The van der Waals surface area contributed by atoms with Crippen molar-refractivity contribution in [2.45, 2.75) is 18.9 Å². The minimum Gasteiger partial charge on any atom is -0.480 e. The molecule has 3 heterocycles. The first-order valence-electron chi connectivity index (χ1n) is 7.92. The van der Waals surface area contributed by atoms with E-state index < -0.39 is 4.92 Å². The van der Waals surface area contributed by atoms with Gasteiger partial charge in [-0.25, -0.2) is 9.97 Å². The number of nitrogens with one attached hydrogen (secondary N) is 3. The summed E-state index contributed by atoms with van der Waals surface area (Å²) in [6.45, 7) is 1.69. The molecule has 1 aliphatic rings. The van der Waals surface area contributed by atoms with E-state index in [1.165, 1.54) is 13.3 Å². The quantitative estimate of drug-likeness (QED) is 0.529. The molecule has 0 aliphatic carbocycles. The summed E-state index contributed by atoms with van der Waals surface area (Å²) in [7, 11) is 1.51. The molecule has 1 fully saturated rings. The summed E-state index contributed by atoms with van der Waals surface area (Å²) in [5.41, 5.74) is 0.415. The Morgan fingerprint density at radius 3 is 3.04 bits per heavy atom. The van der Waals surface area contributed by atoms with Gasteiger partial charge in [0.25, 0.3) is 0 Å². The van der Waals surface area contributed by atoms with E-state index in [1.54, 1.807) is 18.3 Å². The average Bonchev–Trinajstić information content (AvgIpc) is 2.63. The van der Waals surface area contributed by atoms with Gasteiger partial charge < -0.3 is 20.7 Å². The number of hydrogen-bond donors (Lipinski definition) is 3. The molecule has 2 aromatic rings. The molecular formula is C15H19N7O3. The smallest absolute Gasteiger partial charge is 0.329 e. The molecule has 2 aromatic heterocycles. The van der Waals surface area contributed by atoms with Crippen molar-refractivity contribution < 1.29 is 9.66 Å². The van der Waals surface area contributed by atoms with Gasteiger partial charge in [0.15, 0.2) is 0 Å². The minimum absolute atomic E-state index is 0.0862. The Labute approximate surface area is 144 Å². The van der Waals surface area contributed by atoms with Crippen molar-refractivity contribution in [3.05, 3.63) is 34.6 Å². The van der Waals surface area contributed by atoms with Crippen molar-refractivity contribution in [2.75, 3.05) is 30.8 Å². The first kappa shape index (κ1) is 16.8. The standard InChI is InChI=1S/C15H19N7O3/c1-25-14-11(5-3-7-17-14)20-15-18-9-12(22(23)24)13(21-15)19-10-4-2-6-16-8-10/h3,5,7,9-10,16H,2,4,6,8H2,1H3,(H2,18,19,20,21)/t10-/m1/s1. The topological polar surface area (TPSA) is 127 Å². The van der Waals surface area contributed by atoms with Crippen LogP contribution < -0.4 is 20.7 Å². The zero-order valence-electron chi connectivity index (χ0n) is 13.7. The van der Waals surface area contributed by atoms with Crippen molar-refractivity contribution in [1.82, 2.24) is 20.3 Å². The van der Waals surface area contributed by atoms with Crippen LogP contribution in [0.3, 0.4) is 0 Å². The van der Waals surface area contributed by atoms with Crippen LogP contribution in [0.4, 0.5) is 23.1 Å². The molecule has 1 atom stereocenters. The van der Waals surface area contributed by atoms with Crippen LogP contribution in [0.15, 0.2) is 24.5 Å². The molecule has 1 aliphatic heterocycles. The molecule has 132 valence electrons. The number of anilines is 3. The highest BCUT2D eigenvalue weighted by Gasteiger charge is 2.22. The molecule has 3 rings (SSSR count). The summed E-state index contributed by atoms with van der Waals surface area (Å²) in [5, 5.41) is 20.6. The number of hydrogen-bond acceptors (Lipinski definition) is 9. The molecule has 3 N–H and O–H groups in total. The van der Waals surface area contributed by atoms with E-state index in [0.29, 0.717) is 11.6 Å². The molecule has 10 heteroatoms. The van der Waals surface area contributed by atoms with E-state index in [1.807, 2.05) is 0 Å². The van der Waals surface area contributed by atoms with Gasteiger partial charge in [-0.3, -0.25) is 10.1 Å². The third-order valence-electron chi connectivity index (χ3n) is 3.81. The van der Waals surface area contributed by atoms with Gasteiger partial charge in [-0.05, 0) is 31.5 Å². The maximum Gasteiger partial charge on any atom is 0.329 e. The third-order valence-corrected chi connectivity index (χ3v) is 3.81. The SMILES string of the molecule is COc1ncccc1Nc1ncc([N+](=O)[O-])c(N[C@@H]2CCCNC2)n1. The molecule has 0 amide bonds. The molecule has 0 aromatic carbocycles. The van der Waals surface area contributed by atoms with Crippen LogP contribution in [-0.2, 0) is 0 Å². The number of pyridine rings is 1. The molecule has 0 radical (unpaired) electrons. The zero-order chi connectivity index (χ0) is 17.6. The molecule has 25 heavy (non-hydrogen) atoms. The van der Waals surface area contributed by atoms with Crippen molar-refractivity contribution in [3.63, 3.8) is 0 Å². The van der Waals surface area contributed by atoms with Crippen LogP contribution in [0.1, 0.15) is 12.8 Å². The lowest BCUT2D eigenvalue weighted by Crippen LogP contribution is -2.38. The lowest BCUT2D eigenvalue weighted by atomic mass is 10.1. The highest BCUT2D eigenvalue weighted by molar-refractivity contribution is 5.63. The summed E-state index contributed by atoms with van der Waals surface area (Å²) in [6, 6.07) is 3.58. The van der Waals surface area contributed by atoms with Crippen LogP contribution in [0.25, 0.3) is 0 Å². The fourth-order valence-electron chi connectivity index (χ4n) is 2.61. The maximum atomic E-state index is 11.3. The van der Waals surface area contributed by atoms with Gasteiger partial charge in [0, 0.05) is 18.8 Å². The van der Waals surface area contributed by atoms with Gasteiger partial charge in [-0.1, -0.05) is 0 Å². The normalized spacial score (nSPS) is 16.9. The number of ether oxygens (including phenoxy) is 1. The van der Waals surface area contributed by atoms with E-state index in [2.05, 4.69) is 30.9 Å². The molecular weight excluding hydrogens is 326 g/mol. The first-order chi connectivity index (χ1) is 12.2. The fourth-order valence-corrected chi connectivity index (χ4v) is 2.61. The second-order valence-corrected chi connectivity index (χ2v) is 5.56. The van der Waals surface area contributed by atoms with E-state index in [4.69, 9.17) is 4.74 Å². The van der Waals surface area contributed by atoms with Gasteiger partial charge in [-0.15, -0.1) is 0 Å². The predicted molar refractivity (Wildman–Crippen MR) is 92.3 cm³/mol. The molecule has 0 unspecified atom stereocenters. The number of aromatic nitrogens is 3. The van der Waals surface area contributed by atoms with Gasteiger partial charge in [0.05, 0.1) is 12.0 Å². The van der Waals surface area contributed by atoms with Crippen LogP contribution >= 0.6 is 0 Å². The minimum atomic E-state index is -0.493. The number of rotatable bonds is 6. The Kier molecular flexibility index (Phi) is 5.19. The van der Waals surface area contributed by atoms with E-state index in [0.717, 1.165) is 25.9 Å². The summed E-state index contributed by atoms with van der Waals surface area (Å²) in [5.74, 6) is 0.803. The average molecular weight is 345 g/mol. The highest BCUT2D eigenvalue weighted by Crippen LogP contribution is 2.27. The number of piperidine rings is 1. The van der Waals surface area contributed by atoms with Crippen molar-refractivity contribution >= 4 is 23.1 Å². The van der Waals surface area contributed by atoms with Gasteiger partial charge in [0.1, 0.15) is 11.9 Å². The number of nitro groups is 1. The monoisotopic (exact) mass is 345 g/mol. The highest BCUT2D eigenvalue weighted by atomic mass is 16.6. The molecule has 0 saturated carbocycles. The fraction of sp³-hybridized carbons (Fsp3) is 0.400. The lowest BCUT2D eigenvalue weighted by molar-refractivity contribution is -0.384. The number of nitrogens with zero attached hydrogens (tertiary/aromatic N) is 4. The van der Waals surface area contributed by atoms with Crippen LogP contribution in [0.5, 0.6) is 5.88 Å². The second-order valence-electron chi connectivity index (χ2n) is 5.56. The largest absolute Gasteiger partial charge is 0.480 e. The van der Waals surface area contributed by atoms with Crippen molar-refractivity contribution in [2.24, 2.45) is 0 Å². The molecule has 10 nitrogen and oxygen atoms in total. The van der Waals surface area contributed by atoms with Crippen LogP contribution in [-0.4, -0.2) is 46.1 Å². The summed E-state index contributed by atoms with van der Waals surface area (Å²) < 4.78 is 5.17. The zero-order valence-corrected chi connectivity index (χ0v) is 13.7. The number of methoxy groups -OCH3 is 1. The van der Waals surface area contributed by atoms with Crippen LogP contribution in [0, 0.1) is 10.1 Å². The molecule has 0 spiro atoms. The Hall–Kier alpha value is -3.01. The van der Waals surface area contributed by atoms with E-state index >= 15 is 0 Å². The second kappa shape index (κ2) is 7.71. The Morgan fingerprint density at radius 2 is 2.32 bits per heavy atom. The Bertz CT molecular complexity index is 750.